The van der Waals surface area contributed by atoms with E-state index < -0.39 is 5.91 Å². The average Bonchev–Trinajstić information content (AvgIpc) is 3.11. The van der Waals surface area contributed by atoms with Crippen LogP contribution in [0.4, 0.5) is 11.5 Å². The lowest BCUT2D eigenvalue weighted by Gasteiger charge is -2.12. The monoisotopic (exact) mass is 380 g/mol. The quantitative estimate of drug-likeness (QED) is 0.463. The predicted molar refractivity (Wildman–Crippen MR) is 101 cm³/mol. The number of para-hydroxylation sites is 1. The van der Waals surface area contributed by atoms with Crippen molar-refractivity contribution in [2.24, 2.45) is 0 Å². The summed E-state index contributed by atoms with van der Waals surface area (Å²) in [7, 11) is 0. The molecule has 4 rings (SSSR count). The molecule has 2 heterocycles. The highest BCUT2D eigenvalue weighted by atomic mass is 35.5. The van der Waals surface area contributed by atoms with Crippen molar-refractivity contribution in [2.75, 3.05) is 11.2 Å². The van der Waals surface area contributed by atoms with Gasteiger partial charge in [-0.2, -0.15) is 4.68 Å². The Morgan fingerprint density at radius 1 is 1.07 bits per heavy atom. The highest BCUT2D eigenvalue weighted by Gasteiger charge is 2.15. The second-order valence-electron chi connectivity index (χ2n) is 5.51. The first-order chi connectivity index (χ1) is 13.1. The third-order valence-corrected chi connectivity index (χ3v) is 4.16. The van der Waals surface area contributed by atoms with Gasteiger partial charge >= 0.3 is 0 Å². The Morgan fingerprint density at radius 2 is 1.85 bits per heavy atom. The Bertz CT molecular complexity index is 1140. The van der Waals surface area contributed by atoms with Gasteiger partial charge in [0.15, 0.2) is 11.6 Å². The molecule has 0 unspecified atom stereocenters. The molecule has 10 heteroatoms. The van der Waals surface area contributed by atoms with Gasteiger partial charge in [0.25, 0.3) is 5.91 Å². The van der Waals surface area contributed by atoms with E-state index in [4.69, 9.17) is 17.3 Å². The average molecular weight is 381 g/mol. The smallest absolute Gasteiger partial charge is 0.271 e. The number of hydrogen-bond donors (Lipinski definition) is 3. The fourth-order valence-electron chi connectivity index (χ4n) is 2.51. The van der Waals surface area contributed by atoms with Crippen molar-refractivity contribution in [1.82, 2.24) is 30.4 Å². The van der Waals surface area contributed by atoms with Gasteiger partial charge in [0.1, 0.15) is 17.5 Å². The first-order valence-electron chi connectivity index (χ1n) is 7.87. The normalized spacial score (nSPS) is 10.7. The van der Waals surface area contributed by atoms with E-state index in [0.717, 1.165) is 5.52 Å². The van der Waals surface area contributed by atoms with Gasteiger partial charge in [0.2, 0.25) is 0 Å². The van der Waals surface area contributed by atoms with Crippen LogP contribution in [0.3, 0.4) is 0 Å². The molecule has 0 spiro atoms. The Labute approximate surface area is 158 Å². The molecule has 4 aromatic rings. The van der Waals surface area contributed by atoms with E-state index in [1.165, 1.54) is 11.0 Å². The molecule has 1 amide bonds. The molecule has 9 nitrogen and oxygen atoms in total. The molecular weight excluding hydrogens is 368 g/mol. The molecular formula is C17H13ClN8O. The summed E-state index contributed by atoms with van der Waals surface area (Å²) in [6.45, 7) is 0. The Kier molecular flexibility index (Phi) is 4.27. The van der Waals surface area contributed by atoms with Crippen molar-refractivity contribution in [3.05, 3.63) is 65.4 Å². The second-order valence-corrected chi connectivity index (χ2v) is 5.92. The number of amides is 1. The Balaban J connectivity index is 1.61. The number of benzene rings is 2. The highest BCUT2D eigenvalue weighted by molar-refractivity contribution is 6.33. The third kappa shape index (κ3) is 3.11. The van der Waals surface area contributed by atoms with Crippen LogP contribution in [0.25, 0.3) is 16.9 Å². The van der Waals surface area contributed by atoms with E-state index in [-0.39, 0.29) is 11.5 Å². The number of carbonyl (C=O) groups is 1. The number of nitrogens with zero attached hydrogens (tertiary/aromatic N) is 5. The molecule has 0 fully saturated rings. The van der Waals surface area contributed by atoms with Crippen molar-refractivity contribution in [3.8, 4) is 5.82 Å². The summed E-state index contributed by atoms with van der Waals surface area (Å²) in [6, 6.07) is 14.1. The van der Waals surface area contributed by atoms with Crippen LogP contribution in [0.5, 0.6) is 0 Å². The Morgan fingerprint density at radius 3 is 2.70 bits per heavy atom. The second kappa shape index (κ2) is 6.89. The van der Waals surface area contributed by atoms with Gasteiger partial charge < -0.3 is 5.73 Å². The topological polar surface area (TPSA) is 124 Å². The van der Waals surface area contributed by atoms with E-state index in [0.29, 0.717) is 21.9 Å². The number of carbonyl (C=O) groups excluding carboxylic acids is 1. The fourth-order valence-corrected chi connectivity index (χ4v) is 2.73. The molecule has 0 saturated heterocycles. The minimum absolute atomic E-state index is 0.201. The summed E-state index contributed by atoms with van der Waals surface area (Å²) in [5.41, 5.74) is 13.4. The minimum atomic E-state index is -0.425. The first kappa shape index (κ1) is 16.7. The van der Waals surface area contributed by atoms with Crippen LogP contribution in [0.2, 0.25) is 5.02 Å². The van der Waals surface area contributed by atoms with E-state index in [9.17, 15) is 4.79 Å². The molecule has 134 valence electrons. The van der Waals surface area contributed by atoms with E-state index in [1.54, 1.807) is 24.3 Å². The molecule has 0 radical (unpaired) electrons. The number of halogens is 1. The van der Waals surface area contributed by atoms with Crippen molar-refractivity contribution in [3.63, 3.8) is 0 Å². The van der Waals surface area contributed by atoms with Crippen molar-refractivity contribution < 1.29 is 4.79 Å². The zero-order valence-corrected chi connectivity index (χ0v) is 14.6. The van der Waals surface area contributed by atoms with Crippen LogP contribution in [-0.2, 0) is 0 Å². The maximum Gasteiger partial charge on any atom is 0.271 e. The number of anilines is 2. The lowest BCUT2D eigenvalue weighted by atomic mass is 10.2. The van der Waals surface area contributed by atoms with Crippen LogP contribution in [-0.4, -0.2) is 30.9 Å². The largest absolute Gasteiger partial charge is 0.393 e. The van der Waals surface area contributed by atoms with Gasteiger partial charge in [-0.1, -0.05) is 41.1 Å². The first-order valence-corrected chi connectivity index (χ1v) is 8.25. The molecule has 27 heavy (non-hydrogen) atoms. The van der Waals surface area contributed by atoms with Crippen molar-refractivity contribution in [2.45, 2.75) is 0 Å². The summed E-state index contributed by atoms with van der Waals surface area (Å²) in [6.07, 6.45) is 1.31. The Hall–Kier alpha value is -3.72. The molecule has 2 aromatic carbocycles. The van der Waals surface area contributed by atoms with Crippen molar-refractivity contribution in [1.29, 1.82) is 0 Å². The maximum atomic E-state index is 12.3. The molecule has 0 aliphatic carbocycles. The molecule has 0 aliphatic heterocycles. The SMILES string of the molecule is Nc1c(NNC(=O)c2ccccc2Cl)ncnc1-n1nnc2ccccc21. The van der Waals surface area contributed by atoms with Crippen LogP contribution in [0.1, 0.15) is 10.4 Å². The fraction of sp³-hybridized carbons (Fsp3) is 0. The molecule has 0 aliphatic rings. The van der Waals surface area contributed by atoms with Crippen LogP contribution < -0.4 is 16.6 Å². The molecule has 4 N–H and O–H groups in total. The zero-order chi connectivity index (χ0) is 18.8. The van der Waals surface area contributed by atoms with Gasteiger partial charge in [-0.3, -0.25) is 15.6 Å². The van der Waals surface area contributed by atoms with Crippen LogP contribution in [0.15, 0.2) is 54.9 Å². The lowest BCUT2D eigenvalue weighted by molar-refractivity contribution is 0.0962. The van der Waals surface area contributed by atoms with Gasteiger partial charge in [-0.25, -0.2) is 9.97 Å². The van der Waals surface area contributed by atoms with Crippen LogP contribution in [0, 0.1) is 0 Å². The maximum absolute atomic E-state index is 12.3. The summed E-state index contributed by atoms with van der Waals surface area (Å²) in [5, 5.41) is 8.50. The van der Waals surface area contributed by atoms with Gasteiger partial charge in [-0.15, -0.1) is 5.10 Å². The van der Waals surface area contributed by atoms with Gasteiger partial charge in [-0.05, 0) is 24.3 Å². The molecule has 2 aromatic heterocycles. The van der Waals surface area contributed by atoms with Gasteiger partial charge in [0, 0.05) is 0 Å². The minimum Gasteiger partial charge on any atom is -0.393 e. The number of rotatable bonds is 4. The molecule has 0 bridgehead atoms. The van der Waals surface area contributed by atoms with Crippen LogP contribution >= 0.6 is 11.6 Å². The summed E-state index contributed by atoms with van der Waals surface area (Å²) in [4.78, 5) is 20.5. The van der Waals surface area contributed by atoms with Crippen molar-refractivity contribution >= 4 is 40.0 Å². The van der Waals surface area contributed by atoms with E-state index >= 15 is 0 Å². The summed E-state index contributed by atoms with van der Waals surface area (Å²) in [5.74, 6) is 0.138. The number of nitrogens with two attached hydrogens (primary N) is 1. The molecule has 0 saturated carbocycles. The van der Waals surface area contributed by atoms with Gasteiger partial charge in [0.05, 0.1) is 16.1 Å². The van der Waals surface area contributed by atoms with E-state index in [2.05, 4.69) is 31.1 Å². The number of nitrogen functional groups attached to an aromatic ring is 1. The number of fused-ring (bicyclic) bond motifs is 1. The van der Waals surface area contributed by atoms with E-state index in [1.807, 2.05) is 24.3 Å². The molecule has 0 atom stereocenters. The highest BCUT2D eigenvalue weighted by Crippen LogP contribution is 2.23. The third-order valence-electron chi connectivity index (χ3n) is 3.83. The zero-order valence-electron chi connectivity index (χ0n) is 13.8. The summed E-state index contributed by atoms with van der Waals surface area (Å²) >= 11 is 6.02. The number of aromatic nitrogens is 5. The standard InChI is InChI=1S/C17H13ClN8O/c18-11-6-2-1-5-10(11)17(27)24-23-15-14(19)16(21-9-20-15)26-13-8-4-3-7-12(13)22-25-26/h1-9H,19H2,(H,24,27)(H,20,21,23). The number of hydrogen-bond acceptors (Lipinski definition) is 7. The number of nitrogens with one attached hydrogen (secondary N) is 2. The summed E-state index contributed by atoms with van der Waals surface area (Å²) < 4.78 is 1.51. The lowest BCUT2D eigenvalue weighted by Crippen LogP contribution is -2.30. The number of hydrazine groups is 1. The predicted octanol–water partition coefficient (Wildman–Crippen LogP) is 2.20.